The third kappa shape index (κ3) is 3.04. The molecule has 2 heterocycles. The second-order valence-electron chi connectivity index (χ2n) is 5.86. The van der Waals surface area contributed by atoms with E-state index >= 15 is 0 Å². The largest absolute Gasteiger partial charge is 0.481 e. The first-order valence-electron chi connectivity index (χ1n) is 7.95. The van der Waals surface area contributed by atoms with Gasteiger partial charge in [0.05, 0.1) is 22.7 Å². The monoisotopic (exact) mass is 353 g/mol. The molecule has 9 nitrogen and oxygen atoms in total. The van der Waals surface area contributed by atoms with Crippen molar-refractivity contribution < 1.29 is 9.90 Å². The standard InChI is InChI=1S/C17H15N5O4/c1-21-12-8-10(9-18)5-6-11(12)19-14-15(21)20-17(26)22(16(14)25)7-3-2-4-13(23)24/h5-6,8H,2-4,7H2,1H3,(H,23,24). The molecule has 1 N–H and O–H groups in total. The number of aryl methyl sites for hydroxylation is 1. The van der Waals surface area contributed by atoms with Crippen LogP contribution < -0.4 is 11.2 Å². The van der Waals surface area contributed by atoms with Gasteiger partial charge in [0, 0.05) is 20.0 Å². The molecular formula is C17H15N5O4. The molecule has 0 fully saturated rings. The topological polar surface area (TPSA) is 131 Å². The van der Waals surface area contributed by atoms with Crippen molar-refractivity contribution in [2.45, 2.75) is 25.8 Å². The molecular weight excluding hydrogens is 338 g/mol. The predicted molar refractivity (Wildman–Crippen MR) is 91.9 cm³/mol. The zero-order valence-electron chi connectivity index (χ0n) is 14.0. The normalized spacial score (nSPS) is 10.9. The number of benzene rings is 1. The zero-order valence-corrected chi connectivity index (χ0v) is 14.0. The van der Waals surface area contributed by atoms with Crippen LogP contribution in [0.2, 0.25) is 0 Å². The number of aromatic nitrogens is 4. The lowest BCUT2D eigenvalue weighted by molar-refractivity contribution is -0.137. The summed E-state index contributed by atoms with van der Waals surface area (Å²) in [5, 5.41) is 17.7. The van der Waals surface area contributed by atoms with Crippen LogP contribution in [0.1, 0.15) is 24.8 Å². The van der Waals surface area contributed by atoms with Crippen molar-refractivity contribution in [1.82, 2.24) is 19.1 Å². The van der Waals surface area contributed by atoms with Gasteiger partial charge in [0.15, 0.2) is 11.5 Å². The highest BCUT2D eigenvalue weighted by atomic mass is 16.4. The van der Waals surface area contributed by atoms with E-state index in [0.29, 0.717) is 29.4 Å². The summed E-state index contributed by atoms with van der Waals surface area (Å²) in [5.41, 5.74) is 0.324. The van der Waals surface area contributed by atoms with Gasteiger partial charge in [0.2, 0.25) is 0 Å². The summed E-state index contributed by atoms with van der Waals surface area (Å²) in [5.74, 6) is -0.780. The van der Waals surface area contributed by atoms with Crippen molar-refractivity contribution in [2.24, 2.45) is 7.05 Å². The van der Waals surface area contributed by atoms with Crippen molar-refractivity contribution in [1.29, 1.82) is 5.26 Å². The minimum Gasteiger partial charge on any atom is -0.481 e. The molecule has 2 aliphatic heterocycles. The summed E-state index contributed by atoms with van der Waals surface area (Å²) >= 11 is 0. The maximum Gasteiger partial charge on any atom is 0.352 e. The fourth-order valence-corrected chi connectivity index (χ4v) is 2.78. The quantitative estimate of drug-likeness (QED) is 0.528. The number of rotatable bonds is 5. The molecule has 132 valence electrons. The van der Waals surface area contributed by atoms with E-state index < -0.39 is 17.2 Å². The van der Waals surface area contributed by atoms with Gasteiger partial charge in [0.1, 0.15) is 0 Å². The van der Waals surface area contributed by atoms with Crippen LogP contribution in [0.25, 0.3) is 22.6 Å². The Kier molecular flexibility index (Phi) is 4.49. The van der Waals surface area contributed by atoms with Crippen molar-refractivity contribution in [3.63, 3.8) is 0 Å². The smallest absolute Gasteiger partial charge is 0.352 e. The summed E-state index contributed by atoms with van der Waals surface area (Å²) in [4.78, 5) is 43.7. The molecule has 1 aromatic rings. The van der Waals surface area contributed by atoms with Crippen LogP contribution in [-0.2, 0) is 18.4 Å². The van der Waals surface area contributed by atoms with Crippen LogP contribution in [0, 0.1) is 11.3 Å². The van der Waals surface area contributed by atoms with Crippen molar-refractivity contribution in [2.75, 3.05) is 0 Å². The molecule has 0 spiro atoms. The average Bonchev–Trinajstić information content (AvgIpc) is 2.62. The highest BCUT2D eigenvalue weighted by Gasteiger charge is 2.20. The minimum absolute atomic E-state index is 0.0248. The van der Waals surface area contributed by atoms with Gasteiger partial charge in [-0.25, -0.2) is 9.78 Å². The van der Waals surface area contributed by atoms with E-state index in [1.54, 1.807) is 29.8 Å². The SMILES string of the molecule is Cn1c2nc(=O)n(CCCCC(=O)O)c(=O)c-2nc2ccc(C#N)cc21. The number of nitrogens with zero attached hydrogens (tertiary/aromatic N) is 5. The van der Waals surface area contributed by atoms with Crippen LogP contribution in [0.4, 0.5) is 0 Å². The Labute approximate surface area is 147 Å². The Morgan fingerprint density at radius 1 is 1.27 bits per heavy atom. The molecule has 0 unspecified atom stereocenters. The Morgan fingerprint density at radius 2 is 2.04 bits per heavy atom. The van der Waals surface area contributed by atoms with E-state index in [4.69, 9.17) is 10.4 Å². The highest BCUT2D eigenvalue weighted by molar-refractivity contribution is 5.80. The number of carboxylic acid groups (broad SMARTS) is 1. The second-order valence-corrected chi connectivity index (χ2v) is 5.86. The molecule has 0 aliphatic carbocycles. The van der Waals surface area contributed by atoms with Crippen LogP contribution in [0.15, 0.2) is 27.8 Å². The molecule has 0 bridgehead atoms. The fraction of sp³-hybridized carbons (Fsp3) is 0.294. The third-order valence-corrected chi connectivity index (χ3v) is 4.13. The molecule has 2 aliphatic rings. The Morgan fingerprint density at radius 3 is 2.73 bits per heavy atom. The van der Waals surface area contributed by atoms with Crippen molar-refractivity contribution >= 4 is 17.0 Å². The van der Waals surface area contributed by atoms with Gasteiger partial charge in [-0.05, 0) is 31.0 Å². The molecule has 3 rings (SSSR count). The first-order valence-corrected chi connectivity index (χ1v) is 7.95. The molecule has 1 aromatic carbocycles. The van der Waals surface area contributed by atoms with Crippen LogP contribution in [0.3, 0.4) is 0 Å². The van der Waals surface area contributed by atoms with Crippen molar-refractivity contribution in [3.8, 4) is 17.6 Å². The fourth-order valence-electron chi connectivity index (χ4n) is 2.78. The first kappa shape index (κ1) is 17.3. The molecule has 0 radical (unpaired) electrons. The van der Waals surface area contributed by atoms with E-state index in [-0.39, 0.29) is 24.5 Å². The van der Waals surface area contributed by atoms with Gasteiger partial charge >= 0.3 is 11.7 Å². The molecule has 0 saturated carbocycles. The summed E-state index contributed by atoms with van der Waals surface area (Å²) in [7, 11) is 1.65. The lowest BCUT2D eigenvalue weighted by atomic mass is 10.2. The van der Waals surface area contributed by atoms with Gasteiger partial charge in [-0.3, -0.25) is 14.2 Å². The number of hydrogen-bond acceptors (Lipinski definition) is 6. The lowest BCUT2D eigenvalue weighted by Gasteiger charge is -2.14. The average molecular weight is 353 g/mol. The predicted octanol–water partition coefficient (Wildman–Crippen LogP) is 0.722. The third-order valence-electron chi connectivity index (χ3n) is 4.13. The number of hydrogen-bond donors (Lipinski definition) is 1. The number of nitriles is 1. The van der Waals surface area contributed by atoms with Crippen molar-refractivity contribution in [3.05, 3.63) is 44.6 Å². The molecule has 9 heteroatoms. The van der Waals surface area contributed by atoms with Gasteiger partial charge in [-0.2, -0.15) is 10.2 Å². The van der Waals surface area contributed by atoms with Crippen LogP contribution in [0.5, 0.6) is 0 Å². The molecule has 0 amide bonds. The number of aliphatic carboxylic acids is 1. The van der Waals surface area contributed by atoms with Gasteiger partial charge in [-0.1, -0.05) is 0 Å². The van der Waals surface area contributed by atoms with E-state index in [0.717, 1.165) is 4.57 Å². The molecule has 26 heavy (non-hydrogen) atoms. The number of fused-ring (bicyclic) bond motifs is 2. The summed E-state index contributed by atoms with van der Waals surface area (Å²) in [6.45, 7) is 0.0880. The van der Waals surface area contributed by atoms with E-state index in [2.05, 4.69) is 9.97 Å². The molecule has 0 atom stereocenters. The number of unbranched alkanes of at least 4 members (excludes halogenated alkanes) is 1. The Hall–Kier alpha value is -3.54. The zero-order chi connectivity index (χ0) is 18.8. The summed E-state index contributed by atoms with van der Waals surface area (Å²) in [6.07, 6.45) is 0.706. The van der Waals surface area contributed by atoms with Gasteiger partial charge < -0.3 is 9.67 Å². The molecule has 0 aromatic heterocycles. The van der Waals surface area contributed by atoms with Gasteiger partial charge in [0.25, 0.3) is 5.56 Å². The Balaban J connectivity index is 2.11. The summed E-state index contributed by atoms with van der Waals surface area (Å²) in [6, 6.07) is 6.88. The first-order chi connectivity index (χ1) is 12.4. The summed E-state index contributed by atoms with van der Waals surface area (Å²) < 4.78 is 2.54. The minimum atomic E-state index is -0.923. The molecule has 0 saturated heterocycles. The maximum atomic E-state index is 12.7. The lowest BCUT2D eigenvalue weighted by Crippen LogP contribution is -2.38. The Bertz CT molecular complexity index is 1140. The van der Waals surface area contributed by atoms with E-state index in [9.17, 15) is 14.4 Å². The number of carbonyl (C=O) groups is 1. The van der Waals surface area contributed by atoms with Gasteiger partial charge in [-0.15, -0.1) is 0 Å². The van der Waals surface area contributed by atoms with Crippen LogP contribution in [-0.4, -0.2) is 30.2 Å². The second kappa shape index (κ2) is 6.76. The number of carboxylic acids is 1. The van der Waals surface area contributed by atoms with E-state index in [1.807, 2.05) is 6.07 Å². The highest BCUT2D eigenvalue weighted by Crippen LogP contribution is 2.20. The van der Waals surface area contributed by atoms with E-state index in [1.165, 1.54) is 0 Å². The maximum absolute atomic E-state index is 12.7. The van der Waals surface area contributed by atoms with Crippen LogP contribution >= 0.6 is 0 Å².